The number of likely N-dealkylation sites (tertiary alicyclic amines) is 1. The summed E-state index contributed by atoms with van der Waals surface area (Å²) in [6.45, 7) is 10.8. The molecule has 1 amide bonds. The van der Waals surface area contributed by atoms with Gasteiger partial charge in [0.1, 0.15) is 12.4 Å². The lowest BCUT2D eigenvalue weighted by Gasteiger charge is -2.50. The molecule has 2 aromatic carbocycles. The molecule has 2 atom stereocenters. The fourth-order valence-electron chi connectivity index (χ4n) is 7.75. The molecule has 0 bridgehead atoms. The Hall–Kier alpha value is -3.36. The number of carbonyl (C=O) groups is 1. The van der Waals surface area contributed by atoms with Gasteiger partial charge in [-0.3, -0.25) is 9.69 Å². The highest BCUT2D eigenvalue weighted by Gasteiger charge is 2.45. The van der Waals surface area contributed by atoms with Crippen LogP contribution in [0.2, 0.25) is 5.02 Å². The lowest BCUT2D eigenvalue weighted by Crippen LogP contribution is -2.66. The smallest absolute Gasteiger partial charge is 0.318 e. The van der Waals surface area contributed by atoms with Crippen molar-refractivity contribution in [3.05, 3.63) is 65.3 Å². The van der Waals surface area contributed by atoms with Gasteiger partial charge in [-0.2, -0.15) is 9.97 Å². The van der Waals surface area contributed by atoms with E-state index in [0.29, 0.717) is 25.7 Å². The van der Waals surface area contributed by atoms with E-state index < -0.39 is 0 Å². The summed E-state index contributed by atoms with van der Waals surface area (Å²) < 4.78 is 6.51. The third kappa shape index (κ3) is 4.51. The molecule has 0 aliphatic carbocycles. The van der Waals surface area contributed by atoms with Crippen molar-refractivity contribution in [3.8, 4) is 6.01 Å². The summed E-state index contributed by atoms with van der Waals surface area (Å²) in [7, 11) is 2.09. The zero-order valence-electron chi connectivity index (χ0n) is 24.6. The fraction of sp³-hybridized carbons (Fsp3) is 0.485. The van der Waals surface area contributed by atoms with Crippen LogP contribution in [-0.2, 0) is 17.8 Å². The predicted octanol–water partition coefficient (Wildman–Crippen LogP) is 5.07. The van der Waals surface area contributed by atoms with Crippen LogP contribution >= 0.6 is 11.6 Å². The van der Waals surface area contributed by atoms with Crippen LogP contribution in [-0.4, -0.2) is 83.1 Å². The molecule has 220 valence electrons. The van der Waals surface area contributed by atoms with Gasteiger partial charge in [0.2, 0.25) is 5.91 Å². The number of hydrogen-bond donors (Lipinski definition) is 0. The van der Waals surface area contributed by atoms with E-state index in [1.54, 1.807) is 0 Å². The minimum Gasteiger partial charge on any atom is -0.461 e. The highest BCUT2D eigenvalue weighted by Crippen LogP contribution is 2.40. The normalized spacial score (nSPS) is 22.9. The summed E-state index contributed by atoms with van der Waals surface area (Å²) in [4.78, 5) is 31.5. The number of likely N-dealkylation sites (N-methyl/N-ethyl adjacent to an activating group) is 1. The van der Waals surface area contributed by atoms with Gasteiger partial charge in [0, 0.05) is 36.8 Å². The standard InChI is InChI=1S/C33H39ClN6O2/c1-4-29(41)40-20-28(22(40)2)37(3)31-24-13-18-38(27-12-6-10-23-9-5-11-25(34)30(23)27)19-26(24)35-32(36-31)42-21-33-14-7-16-39(33)17-8-15-33/h4-6,9-12,22,28H,1,7-8,13-21H2,2-3H3/t22-,28+/m1/s1. The first-order valence-electron chi connectivity index (χ1n) is 15.2. The summed E-state index contributed by atoms with van der Waals surface area (Å²) in [5, 5.41) is 2.97. The monoisotopic (exact) mass is 586 g/mol. The van der Waals surface area contributed by atoms with Gasteiger partial charge in [0.25, 0.3) is 0 Å². The van der Waals surface area contributed by atoms with Gasteiger partial charge in [-0.05, 0) is 75.7 Å². The average Bonchev–Trinajstić information content (AvgIpc) is 3.59. The molecular weight excluding hydrogens is 548 g/mol. The summed E-state index contributed by atoms with van der Waals surface area (Å²) in [5.74, 6) is 0.891. The number of aromatic nitrogens is 2. The number of anilines is 2. The van der Waals surface area contributed by atoms with Gasteiger partial charge in [-0.25, -0.2) is 0 Å². The van der Waals surface area contributed by atoms with Crippen molar-refractivity contribution in [1.82, 2.24) is 19.8 Å². The molecule has 0 unspecified atom stereocenters. The highest BCUT2D eigenvalue weighted by atomic mass is 35.5. The number of carbonyl (C=O) groups excluding carboxylic acids is 1. The molecule has 3 saturated heterocycles. The highest BCUT2D eigenvalue weighted by molar-refractivity contribution is 6.36. The summed E-state index contributed by atoms with van der Waals surface area (Å²) >= 11 is 6.72. The molecule has 0 saturated carbocycles. The van der Waals surface area contributed by atoms with E-state index in [0.717, 1.165) is 64.6 Å². The quantitative estimate of drug-likeness (QED) is 0.358. The van der Waals surface area contributed by atoms with Crippen molar-refractivity contribution in [1.29, 1.82) is 0 Å². The number of rotatable bonds is 7. The third-order valence-corrected chi connectivity index (χ3v) is 10.5. The number of ether oxygens (including phenoxy) is 1. The lowest BCUT2D eigenvalue weighted by molar-refractivity contribution is -0.133. The first kappa shape index (κ1) is 27.5. The second-order valence-electron chi connectivity index (χ2n) is 12.4. The Labute approximate surface area is 252 Å². The molecule has 0 spiro atoms. The molecule has 1 aromatic heterocycles. The van der Waals surface area contributed by atoms with E-state index in [1.165, 1.54) is 31.8 Å². The minimum atomic E-state index is -0.0257. The Kier molecular flexibility index (Phi) is 7.02. The van der Waals surface area contributed by atoms with Gasteiger partial charge in [-0.1, -0.05) is 42.4 Å². The number of hydrogen-bond acceptors (Lipinski definition) is 7. The Morgan fingerprint density at radius 2 is 1.93 bits per heavy atom. The van der Waals surface area contributed by atoms with E-state index >= 15 is 0 Å². The van der Waals surface area contributed by atoms with Gasteiger partial charge < -0.3 is 19.4 Å². The van der Waals surface area contributed by atoms with Crippen LogP contribution in [0, 0.1) is 0 Å². The SMILES string of the molecule is C=CC(=O)N1C[C@H](N(C)c2nc(OCC34CCCN3CCC4)nc3c2CCN(c2cccc4cccc(Cl)c24)C3)[C@H]1C. The first-order chi connectivity index (χ1) is 20.4. The van der Waals surface area contributed by atoms with Crippen molar-refractivity contribution in [2.75, 3.05) is 49.6 Å². The maximum Gasteiger partial charge on any atom is 0.318 e. The van der Waals surface area contributed by atoms with E-state index in [2.05, 4.69) is 59.5 Å². The van der Waals surface area contributed by atoms with Crippen molar-refractivity contribution in [3.63, 3.8) is 0 Å². The zero-order chi connectivity index (χ0) is 29.0. The summed E-state index contributed by atoms with van der Waals surface area (Å²) in [5.41, 5.74) is 3.40. The van der Waals surface area contributed by atoms with Crippen LogP contribution in [0.25, 0.3) is 10.8 Å². The molecule has 4 aliphatic rings. The molecule has 0 radical (unpaired) electrons. The van der Waals surface area contributed by atoms with Crippen LogP contribution in [0.15, 0.2) is 49.1 Å². The Morgan fingerprint density at radius 3 is 2.67 bits per heavy atom. The molecule has 8 nitrogen and oxygen atoms in total. The molecule has 9 heteroatoms. The van der Waals surface area contributed by atoms with Gasteiger partial charge in [0.05, 0.1) is 34.9 Å². The molecule has 5 heterocycles. The van der Waals surface area contributed by atoms with Crippen molar-refractivity contribution < 1.29 is 9.53 Å². The lowest BCUT2D eigenvalue weighted by atomic mass is 9.95. The van der Waals surface area contributed by atoms with Crippen molar-refractivity contribution in [2.45, 2.75) is 63.2 Å². The Morgan fingerprint density at radius 1 is 1.17 bits per heavy atom. The maximum atomic E-state index is 12.3. The molecule has 0 N–H and O–H groups in total. The second-order valence-corrected chi connectivity index (χ2v) is 12.8. The van der Waals surface area contributed by atoms with E-state index in [-0.39, 0.29) is 23.5 Å². The van der Waals surface area contributed by atoms with Crippen LogP contribution in [0.4, 0.5) is 11.5 Å². The number of halogens is 1. The zero-order valence-corrected chi connectivity index (χ0v) is 25.3. The minimum absolute atomic E-state index is 0.0257. The van der Waals surface area contributed by atoms with Gasteiger partial charge in [0.15, 0.2) is 0 Å². The van der Waals surface area contributed by atoms with Crippen LogP contribution in [0.5, 0.6) is 6.01 Å². The molecule has 7 rings (SSSR count). The number of fused-ring (bicyclic) bond motifs is 3. The summed E-state index contributed by atoms with van der Waals surface area (Å²) in [6, 6.07) is 13.1. The molecule has 4 aliphatic heterocycles. The van der Waals surface area contributed by atoms with Gasteiger partial charge in [-0.15, -0.1) is 0 Å². The van der Waals surface area contributed by atoms with E-state index in [4.69, 9.17) is 26.3 Å². The predicted molar refractivity (Wildman–Crippen MR) is 168 cm³/mol. The molecule has 42 heavy (non-hydrogen) atoms. The topological polar surface area (TPSA) is 65.0 Å². The van der Waals surface area contributed by atoms with Crippen molar-refractivity contribution >= 4 is 39.8 Å². The fourth-order valence-corrected chi connectivity index (χ4v) is 8.03. The van der Waals surface area contributed by atoms with E-state index in [1.807, 2.05) is 17.0 Å². The second kappa shape index (κ2) is 10.7. The van der Waals surface area contributed by atoms with E-state index in [9.17, 15) is 4.79 Å². The number of nitrogens with zero attached hydrogens (tertiary/aromatic N) is 6. The maximum absolute atomic E-state index is 12.3. The average molecular weight is 587 g/mol. The molecular formula is C33H39ClN6O2. The number of amides is 1. The number of benzene rings is 2. The van der Waals surface area contributed by atoms with Crippen LogP contribution in [0.3, 0.4) is 0 Å². The summed E-state index contributed by atoms with van der Waals surface area (Å²) in [6.07, 6.45) is 7.01. The first-order valence-corrected chi connectivity index (χ1v) is 15.6. The van der Waals surface area contributed by atoms with Crippen molar-refractivity contribution in [2.24, 2.45) is 0 Å². The van der Waals surface area contributed by atoms with Gasteiger partial charge >= 0.3 is 6.01 Å². The Bertz CT molecular complexity index is 1530. The Balaban J connectivity index is 1.22. The third-order valence-electron chi connectivity index (χ3n) is 10.2. The molecule has 3 fully saturated rings. The van der Waals surface area contributed by atoms with Crippen LogP contribution in [0.1, 0.15) is 43.9 Å². The van der Waals surface area contributed by atoms with Crippen LogP contribution < -0.4 is 14.5 Å². The molecule has 3 aromatic rings. The largest absolute Gasteiger partial charge is 0.461 e.